The van der Waals surface area contributed by atoms with E-state index in [1.165, 1.54) is 76.3 Å². The van der Waals surface area contributed by atoms with Crippen LogP contribution in [0.3, 0.4) is 0 Å². The molecule has 0 saturated carbocycles. The standard InChI is InChI=1S/C64H57N4O/c1-42-35-36-65-61(37-42)68-57-20-10-9-17-55(57)56-34-32-51(40-60(56)68)69-50-16-13-15-49(39-50)66-41-67(59-22-12-11-21-58(59)66)62-53(18-14-19-54(62)46-27-29-47(30-28-46)63(3,4)5)45-25-23-44(24-26-45)52-33-31-48(38-43(52)2)64(6,7)8/h9-41H,1-8H3/q+1/i1D3,2D3,3D3,4D3,5D3,9D,10D,14D,17D,18D,19D,20D,23D,24D,25D,26D,27D,28D,29D,30D,31D,33D,38D. The second-order valence-electron chi connectivity index (χ2n) is 17.1. The van der Waals surface area contributed by atoms with E-state index >= 15 is 0 Å². The second kappa shape index (κ2) is 16.9. The van der Waals surface area contributed by atoms with Crippen LogP contribution in [0.5, 0.6) is 11.5 Å². The summed E-state index contributed by atoms with van der Waals surface area (Å²) in [5.74, 6) is 0.168. The Hall–Kier alpha value is -8.02. The van der Waals surface area contributed by atoms with Gasteiger partial charge >= 0.3 is 0 Å². The van der Waals surface area contributed by atoms with Crippen LogP contribution in [0.15, 0.2) is 200 Å². The zero-order valence-electron chi connectivity index (χ0n) is 69.9. The van der Waals surface area contributed by atoms with Crippen LogP contribution in [0.25, 0.3) is 83.4 Å². The lowest BCUT2D eigenvalue weighted by Gasteiger charge is -2.21. The van der Waals surface area contributed by atoms with Gasteiger partial charge in [0.25, 0.3) is 6.33 Å². The van der Waals surface area contributed by atoms with Crippen molar-refractivity contribution in [3.05, 3.63) is 222 Å². The molecular weight excluding hydrogens is 841 g/mol. The summed E-state index contributed by atoms with van der Waals surface area (Å²) in [6.45, 7) is -13.7. The maximum Gasteiger partial charge on any atom is 0.255 e. The number of hydrogen-bond donors (Lipinski definition) is 0. The average molecular weight is 931 g/mol. The number of ether oxygens (including phenoxy) is 1. The third-order valence-electron chi connectivity index (χ3n) is 11.3. The minimum absolute atomic E-state index is 0.0109. The van der Waals surface area contributed by atoms with Gasteiger partial charge in [0.05, 0.1) is 35.7 Å². The number of hydrogen-bond acceptors (Lipinski definition) is 2. The molecule has 11 rings (SSSR count). The monoisotopic (exact) mass is 931 g/mol. The van der Waals surface area contributed by atoms with Crippen LogP contribution >= 0.6 is 0 Å². The molecule has 5 heteroatoms. The minimum Gasteiger partial charge on any atom is -0.457 e. The van der Waals surface area contributed by atoms with Gasteiger partial charge in [-0.25, -0.2) is 4.98 Å². The van der Waals surface area contributed by atoms with Gasteiger partial charge in [0.1, 0.15) is 28.7 Å². The summed E-state index contributed by atoms with van der Waals surface area (Å²) in [4.78, 5) is 4.42. The SMILES string of the molecule is [2H]c1c([2H])c(-c2c([2H])c([2H])c(-c3c([2H])c([2H])c(C(C)(C)C)c([2H])c3C([2H])([2H])[2H])c([2H])c2[2H])c(-[n+]2cn(-c3cccc(Oc4ccc5c6c([2H])c([2H])c([2H])c([2H])c6n(-c6cc(C([2H])([2H])[2H])ccn6)c5c4)c3)c3ccccc32)c(-c2c([2H])c([2H])c(C(C([2H])([2H])[2H])(C([2H])([2H])[2H])C([2H])([2H])[2H])c([2H])c2[2H])c1[2H]. The third-order valence-corrected chi connectivity index (χ3v) is 11.3. The smallest absolute Gasteiger partial charge is 0.255 e. The first kappa shape index (κ1) is 20.3. The molecule has 5 nitrogen and oxygen atoms in total. The highest BCUT2D eigenvalue weighted by Crippen LogP contribution is 2.39. The first-order chi connectivity index (χ1) is 47.0. The molecule has 0 aliphatic carbocycles. The molecule has 3 heterocycles. The molecule has 8 aromatic carbocycles. The quantitative estimate of drug-likeness (QED) is 0.142. The molecule has 0 spiro atoms. The molecule has 0 amide bonds. The molecule has 0 radical (unpaired) electrons. The Morgan fingerprint density at radius 2 is 1.30 bits per heavy atom. The first-order valence-corrected chi connectivity index (χ1v) is 21.3. The van der Waals surface area contributed by atoms with Crippen LogP contribution in [-0.4, -0.2) is 14.1 Å². The highest BCUT2D eigenvalue weighted by Gasteiger charge is 2.26. The predicted octanol–water partition coefficient (Wildman–Crippen LogP) is 16.4. The van der Waals surface area contributed by atoms with Crippen LogP contribution in [0.1, 0.15) is 109 Å². The lowest BCUT2D eigenvalue weighted by molar-refractivity contribution is -0.566. The topological polar surface area (TPSA) is 35.9 Å². The van der Waals surface area contributed by atoms with Gasteiger partial charge < -0.3 is 4.74 Å². The Bertz CT molecular complexity index is 5300. The van der Waals surface area contributed by atoms with Gasteiger partial charge in [-0.1, -0.05) is 162 Å². The maximum atomic E-state index is 9.84. The summed E-state index contributed by atoms with van der Waals surface area (Å²) < 4.78 is 306. The van der Waals surface area contributed by atoms with E-state index in [1.54, 1.807) is 45.0 Å². The first-order valence-electron chi connectivity index (χ1n) is 37.8. The Labute approximate surface area is 451 Å². The number of imidazole rings is 1. The highest BCUT2D eigenvalue weighted by atomic mass is 16.5. The Kier molecular flexibility index (Phi) is 4.98. The summed E-state index contributed by atoms with van der Waals surface area (Å²) in [6, 6.07) is 1.26. The summed E-state index contributed by atoms with van der Waals surface area (Å²) in [7, 11) is 0. The van der Waals surface area contributed by atoms with Crippen molar-refractivity contribution >= 4 is 32.8 Å². The van der Waals surface area contributed by atoms with E-state index in [-0.39, 0.29) is 61.6 Å². The number of benzene rings is 8. The van der Waals surface area contributed by atoms with Gasteiger partial charge in [-0.05, 0) is 124 Å². The molecular formula is C64H57N4O+. The van der Waals surface area contributed by atoms with Crippen molar-refractivity contribution in [1.29, 1.82) is 0 Å². The highest BCUT2D eigenvalue weighted by molar-refractivity contribution is 6.09. The van der Waals surface area contributed by atoms with Crippen LogP contribution in [0, 0.1) is 13.7 Å². The molecule has 69 heavy (non-hydrogen) atoms. The van der Waals surface area contributed by atoms with Crippen molar-refractivity contribution in [3.63, 3.8) is 0 Å². The molecule has 0 saturated heterocycles. The number of para-hydroxylation sites is 4. The fourth-order valence-corrected chi connectivity index (χ4v) is 8.03. The molecule has 0 bridgehead atoms. The molecule has 0 N–H and O–H groups in total. The van der Waals surface area contributed by atoms with Crippen molar-refractivity contribution in [2.75, 3.05) is 0 Å². The summed E-state index contributed by atoms with van der Waals surface area (Å²) >= 11 is 0. The summed E-state index contributed by atoms with van der Waals surface area (Å²) in [5, 5.41) is 0.385. The van der Waals surface area contributed by atoms with E-state index < -0.39 is 204 Å². The van der Waals surface area contributed by atoms with Crippen LogP contribution in [-0.2, 0) is 10.8 Å². The van der Waals surface area contributed by atoms with Gasteiger partial charge in [-0.2, -0.15) is 9.13 Å². The van der Waals surface area contributed by atoms with E-state index in [0.717, 1.165) is 4.57 Å². The largest absolute Gasteiger partial charge is 0.457 e. The third kappa shape index (κ3) is 8.08. The molecule has 0 atom stereocenters. The Morgan fingerprint density at radius 3 is 2.06 bits per heavy atom. The number of aryl methyl sites for hydroxylation is 1. The summed E-state index contributed by atoms with van der Waals surface area (Å²) in [6.07, 6.45) is 2.52. The van der Waals surface area contributed by atoms with E-state index in [4.69, 9.17) is 32.2 Å². The average Bonchev–Trinajstić information content (AvgIpc) is 0.868. The van der Waals surface area contributed by atoms with E-state index in [0.29, 0.717) is 5.39 Å². The van der Waals surface area contributed by atoms with Crippen molar-refractivity contribution in [2.24, 2.45) is 0 Å². The number of nitrogens with zero attached hydrogens (tertiary/aromatic N) is 4. The van der Waals surface area contributed by atoms with E-state index in [1.807, 2.05) is 0 Å². The van der Waals surface area contributed by atoms with Crippen molar-refractivity contribution in [1.82, 2.24) is 14.1 Å². The van der Waals surface area contributed by atoms with Crippen molar-refractivity contribution < 1.29 is 54.5 Å². The minimum atomic E-state index is -4.16. The summed E-state index contributed by atoms with van der Waals surface area (Å²) in [5.41, 5.74) is -13.7. The lowest BCUT2D eigenvalue weighted by atomic mass is 9.84. The number of fused-ring (bicyclic) bond motifs is 4. The van der Waals surface area contributed by atoms with Crippen LogP contribution < -0.4 is 9.30 Å². The fourth-order valence-electron chi connectivity index (χ4n) is 8.03. The second-order valence-corrected chi connectivity index (χ2v) is 17.1. The molecule has 0 aliphatic rings. The zero-order chi connectivity index (χ0) is 75.8. The van der Waals surface area contributed by atoms with Crippen LogP contribution in [0.2, 0.25) is 0 Å². The number of rotatable bonds is 8. The Morgan fingerprint density at radius 1 is 0.580 bits per heavy atom. The maximum absolute atomic E-state index is 9.84. The van der Waals surface area contributed by atoms with E-state index in [9.17, 15) is 17.8 Å². The zero-order valence-corrected chi connectivity index (χ0v) is 36.9. The molecule has 0 fully saturated rings. The molecule has 3 aromatic heterocycles. The Balaban J connectivity index is 1.22. The molecule has 338 valence electrons. The molecule has 0 aliphatic heterocycles. The van der Waals surface area contributed by atoms with E-state index in [2.05, 4.69) is 4.98 Å². The molecule has 11 aromatic rings. The number of pyridine rings is 1. The van der Waals surface area contributed by atoms with Crippen molar-refractivity contribution in [2.45, 2.75) is 65.9 Å². The van der Waals surface area contributed by atoms with Crippen LogP contribution in [0.4, 0.5) is 0 Å². The van der Waals surface area contributed by atoms with Gasteiger partial charge in [-0.15, -0.1) is 0 Å². The van der Waals surface area contributed by atoms with Gasteiger partial charge in [0, 0.05) is 60.8 Å². The predicted molar refractivity (Wildman–Crippen MR) is 287 cm³/mol. The van der Waals surface area contributed by atoms with Gasteiger partial charge in [0.15, 0.2) is 11.0 Å². The number of aromatic nitrogens is 4. The van der Waals surface area contributed by atoms with Gasteiger partial charge in [0.2, 0.25) is 0 Å². The van der Waals surface area contributed by atoms with Gasteiger partial charge in [-0.3, -0.25) is 4.57 Å². The lowest BCUT2D eigenvalue weighted by Crippen LogP contribution is -2.30. The normalized spacial score (nSPS) is 19.8. The fraction of sp³-hybridized carbons (Fsp3) is 0.156. The molecule has 0 unspecified atom stereocenters. The van der Waals surface area contributed by atoms with Crippen molar-refractivity contribution in [3.8, 4) is 62.1 Å².